The van der Waals surface area contributed by atoms with Crippen molar-refractivity contribution < 1.29 is 9.84 Å². The topological polar surface area (TPSA) is 100 Å². The van der Waals surface area contributed by atoms with Crippen LogP contribution in [0.25, 0.3) is 0 Å². The molecular weight excluding hydrogens is 418 g/mol. The first-order valence-electron chi connectivity index (χ1n) is 10.1. The van der Waals surface area contributed by atoms with Gasteiger partial charge in [-0.3, -0.25) is 4.68 Å². The van der Waals surface area contributed by atoms with Gasteiger partial charge >= 0.3 is 0 Å². The van der Waals surface area contributed by atoms with Crippen LogP contribution in [0, 0.1) is 5.41 Å². The second-order valence-electron chi connectivity index (χ2n) is 8.24. The molecule has 5 rings (SSSR count). The molecule has 2 saturated heterocycles. The number of nitrogens with one attached hydrogen (secondary N) is 2. The number of halogens is 1. The van der Waals surface area contributed by atoms with Gasteiger partial charge in [-0.15, -0.1) is 0 Å². The Kier molecular flexibility index (Phi) is 5.17. The van der Waals surface area contributed by atoms with E-state index in [2.05, 4.69) is 42.7 Å². The van der Waals surface area contributed by atoms with Crippen LogP contribution >= 0.6 is 11.6 Å². The van der Waals surface area contributed by atoms with Crippen LogP contribution in [-0.2, 0) is 11.8 Å². The third kappa shape index (κ3) is 4.04. The molecule has 9 nitrogen and oxygen atoms in total. The van der Waals surface area contributed by atoms with Crippen LogP contribution in [0.5, 0.6) is 0 Å². The minimum atomic E-state index is -0.360. The van der Waals surface area contributed by atoms with Gasteiger partial charge in [0.25, 0.3) is 0 Å². The second kappa shape index (κ2) is 7.99. The number of aryl methyl sites for hydroxylation is 1. The molecule has 1 atom stereocenters. The molecular formula is C21H24ClN7O2. The summed E-state index contributed by atoms with van der Waals surface area (Å²) in [7, 11) is 1.83. The Balaban J connectivity index is 1.31. The number of hydrogen-bond acceptors (Lipinski definition) is 8. The molecule has 0 aliphatic carbocycles. The fourth-order valence-electron chi connectivity index (χ4n) is 4.00. The smallest absolute Gasteiger partial charge is 0.229 e. The van der Waals surface area contributed by atoms with Gasteiger partial charge in [-0.1, -0.05) is 23.7 Å². The molecule has 162 valence electrons. The van der Waals surface area contributed by atoms with Gasteiger partial charge in [0.2, 0.25) is 5.95 Å². The largest absolute Gasteiger partial charge is 0.394 e. The van der Waals surface area contributed by atoms with E-state index in [1.54, 1.807) is 10.9 Å². The summed E-state index contributed by atoms with van der Waals surface area (Å²) in [6.45, 7) is 3.62. The van der Waals surface area contributed by atoms with Crippen molar-refractivity contribution in [1.29, 1.82) is 0 Å². The molecule has 1 unspecified atom stereocenters. The molecule has 10 heteroatoms. The molecule has 2 aliphatic heterocycles. The van der Waals surface area contributed by atoms with Crippen molar-refractivity contribution in [1.82, 2.24) is 19.7 Å². The van der Waals surface area contributed by atoms with E-state index in [9.17, 15) is 5.11 Å². The first-order chi connectivity index (χ1) is 15.0. The number of aliphatic hydroxyl groups is 1. The molecule has 1 spiro atoms. The average Bonchev–Trinajstić information content (AvgIpc) is 3.11. The molecule has 0 radical (unpaired) electrons. The molecule has 2 aliphatic rings. The van der Waals surface area contributed by atoms with Crippen LogP contribution in [0.1, 0.15) is 11.6 Å². The zero-order valence-corrected chi connectivity index (χ0v) is 17.9. The number of hydrogen-bond donors (Lipinski definition) is 3. The standard InChI is InChI=1S/C21H24ClN7O2/c1-28-8-15(6-24-28)25-20-23-7-17(22)19(27-20)26-18(9-30)14-3-2-4-16(5-14)29-10-21(11-29)12-31-13-21/h2-8,18,30H,9-13H2,1H3,(H2,23,25,26,27). The van der Waals surface area contributed by atoms with Gasteiger partial charge in [0, 0.05) is 32.0 Å². The molecule has 2 aromatic heterocycles. The van der Waals surface area contributed by atoms with E-state index in [1.807, 2.05) is 25.4 Å². The van der Waals surface area contributed by atoms with Gasteiger partial charge in [-0.25, -0.2) is 4.98 Å². The summed E-state index contributed by atoms with van der Waals surface area (Å²) in [4.78, 5) is 11.0. The lowest BCUT2D eigenvalue weighted by atomic mass is 9.77. The maximum absolute atomic E-state index is 10.1. The summed E-state index contributed by atoms with van der Waals surface area (Å²) in [5, 5.41) is 20.9. The Morgan fingerprint density at radius 2 is 2.13 bits per heavy atom. The van der Waals surface area contributed by atoms with Crippen molar-refractivity contribution in [2.45, 2.75) is 6.04 Å². The minimum Gasteiger partial charge on any atom is -0.394 e. The third-order valence-corrected chi connectivity index (χ3v) is 5.98. The van der Waals surface area contributed by atoms with E-state index in [0.717, 1.165) is 43.2 Å². The van der Waals surface area contributed by atoms with Crippen LogP contribution in [0.15, 0.2) is 42.9 Å². The Bertz CT molecular complexity index is 1080. The van der Waals surface area contributed by atoms with Crippen molar-refractivity contribution in [2.24, 2.45) is 12.5 Å². The Hall–Kier alpha value is -2.88. The predicted octanol–water partition coefficient (Wildman–Crippen LogP) is 2.59. The Morgan fingerprint density at radius 3 is 2.81 bits per heavy atom. The number of nitrogens with zero attached hydrogens (tertiary/aromatic N) is 5. The van der Waals surface area contributed by atoms with E-state index in [-0.39, 0.29) is 12.6 Å². The SMILES string of the molecule is Cn1cc(Nc2ncc(Cl)c(NC(CO)c3cccc(N4CC5(COC5)C4)c3)n2)cn1. The summed E-state index contributed by atoms with van der Waals surface area (Å²) in [5.74, 6) is 0.834. The maximum Gasteiger partial charge on any atom is 0.229 e. The van der Waals surface area contributed by atoms with Gasteiger partial charge < -0.3 is 25.4 Å². The number of anilines is 4. The van der Waals surface area contributed by atoms with Crippen LogP contribution in [0.3, 0.4) is 0 Å². The van der Waals surface area contributed by atoms with Crippen molar-refractivity contribution in [3.05, 3.63) is 53.4 Å². The monoisotopic (exact) mass is 441 g/mol. The molecule has 4 heterocycles. The highest BCUT2D eigenvalue weighted by molar-refractivity contribution is 6.32. The Morgan fingerprint density at radius 1 is 1.29 bits per heavy atom. The maximum atomic E-state index is 10.1. The normalized spacial score (nSPS) is 17.7. The van der Waals surface area contributed by atoms with Crippen molar-refractivity contribution in [2.75, 3.05) is 48.4 Å². The molecule has 31 heavy (non-hydrogen) atoms. The predicted molar refractivity (Wildman–Crippen MR) is 119 cm³/mol. The summed E-state index contributed by atoms with van der Waals surface area (Å²) in [6, 6.07) is 7.83. The van der Waals surface area contributed by atoms with Gasteiger partial charge in [0.15, 0.2) is 5.82 Å². The van der Waals surface area contributed by atoms with E-state index in [0.29, 0.717) is 22.2 Å². The fraction of sp³-hybridized carbons (Fsp3) is 0.381. The lowest BCUT2D eigenvalue weighted by molar-refractivity contribution is -0.127. The van der Waals surface area contributed by atoms with E-state index in [4.69, 9.17) is 16.3 Å². The molecule has 1 aromatic carbocycles. The van der Waals surface area contributed by atoms with Gasteiger partial charge in [-0.2, -0.15) is 10.1 Å². The number of benzene rings is 1. The number of aromatic nitrogens is 4. The van der Waals surface area contributed by atoms with Gasteiger partial charge in [0.1, 0.15) is 5.02 Å². The minimum absolute atomic E-state index is 0.104. The molecule has 2 fully saturated rings. The van der Waals surface area contributed by atoms with E-state index < -0.39 is 0 Å². The van der Waals surface area contributed by atoms with Crippen molar-refractivity contribution in [3.63, 3.8) is 0 Å². The van der Waals surface area contributed by atoms with E-state index >= 15 is 0 Å². The highest BCUT2D eigenvalue weighted by atomic mass is 35.5. The Labute approximate surface area is 185 Å². The molecule has 0 amide bonds. The second-order valence-corrected chi connectivity index (χ2v) is 8.65. The summed E-state index contributed by atoms with van der Waals surface area (Å²) in [5.41, 5.74) is 3.22. The van der Waals surface area contributed by atoms with Crippen LogP contribution in [-0.4, -0.2) is 57.8 Å². The van der Waals surface area contributed by atoms with Gasteiger partial charge in [-0.05, 0) is 17.7 Å². The lowest BCUT2D eigenvalue weighted by Gasteiger charge is -2.56. The highest BCUT2D eigenvalue weighted by Crippen LogP contribution is 2.40. The van der Waals surface area contributed by atoms with E-state index in [1.165, 1.54) is 6.20 Å². The number of ether oxygens (including phenoxy) is 1. The van der Waals surface area contributed by atoms with Crippen LogP contribution in [0.4, 0.5) is 23.1 Å². The van der Waals surface area contributed by atoms with Gasteiger partial charge in [0.05, 0.1) is 49.4 Å². The molecule has 3 N–H and O–H groups in total. The van der Waals surface area contributed by atoms with Crippen molar-refractivity contribution in [3.8, 4) is 0 Å². The molecule has 3 aromatic rings. The summed E-state index contributed by atoms with van der Waals surface area (Å²) >= 11 is 6.33. The highest BCUT2D eigenvalue weighted by Gasteiger charge is 2.49. The number of aliphatic hydroxyl groups excluding tert-OH is 1. The first kappa shape index (κ1) is 20.0. The summed E-state index contributed by atoms with van der Waals surface area (Å²) < 4.78 is 7.05. The molecule has 0 bridgehead atoms. The van der Waals surface area contributed by atoms with Crippen LogP contribution in [0.2, 0.25) is 5.02 Å². The molecule has 0 saturated carbocycles. The zero-order chi connectivity index (χ0) is 21.4. The average molecular weight is 442 g/mol. The first-order valence-corrected chi connectivity index (χ1v) is 10.5. The summed E-state index contributed by atoms with van der Waals surface area (Å²) in [6.07, 6.45) is 5.03. The number of rotatable bonds is 7. The quantitative estimate of drug-likeness (QED) is 0.514. The van der Waals surface area contributed by atoms with Crippen molar-refractivity contribution >= 4 is 34.7 Å². The zero-order valence-electron chi connectivity index (χ0n) is 17.1. The fourth-order valence-corrected chi connectivity index (χ4v) is 4.15. The third-order valence-electron chi connectivity index (χ3n) is 5.71. The van der Waals surface area contributed by atoms with Crippen LogP contribution < -0.4 is 15.5 Å². The lowest BCUT2D eigenvalue weighted by Crippen LogP contribution is -2.66.